The Kier molecular flexibility index (Phi) is 6.89. The van der Waals surface area contributed by atoms with Gasteiger partial charge in [0.1, 0.15) is 18.9 Å². The third-order valence-corrected chi connectivity index (χ3v) is 7.50. The third kappa shape index (κ3) is 5.01. The van der Waals surface area contributed by atoms with Crippen molar-refractivity contribution in [3.05, 3.63) is 51.7 Å². The Labute approximate surface area is 195 Å². The van der Waals surface area contributed by atoms with Crippen LogP contribution >= 0.6 is 11.3 Å². The van der Waals surface area contributed by atoms with Gasteiger partial charge in [0.25, 0.3) is 0 Å². The van der Waals surface area contributed by atoms with Crippen molar-refractivity contribution >= 4 is 23.2 Å². The average Bonchev–Trinajstić information content (AvgIpc) is 3.52. The van der Waals surface area contributed by atoms with Crippen LogP contribution in [0.2, 0.25) is 0 Å². The van der Waals surface area contributed by atoms with Gasteiger partial charge in [-0.1, -0.05) is 26.0 Å². The van der Waals surface area contributed by atoms with Crippen molar-refractivity contribution in [2.24, 2.45) is 5.92 Å². The maximum absolute atomic E-state index is 13.4. The molecule has 0 bridgehead atoms. The Morgan fingerprint density at radius 2 is 1.84 bits per heavy atom. The van der Waals surface area contributed by atoms with Gasteiger partial charge in [0, 0.05) is 23.4 Å². The summed E-state index contributed by atoms with van der Waals surface area (Å²) in [5, 5.41) is 2.10. The second kappa shape index (κ2) is 9.65. The summed E-state index contributed by atoms with van der Waals surface area (Å²) in [6, 6.07) is 10.2. The lowest BCUT2D eigenvalue weighted by Gasteiger charge is -2.37. The Balaban J connectivity index is 1.48. The van der Waals surface area contributed by atoms with Gasteiger partial charge in [-0.05, 0) is 73.7 Å². The third-order valence-electron chi connectivity index (χ3n) is 6.51. The van der Waals surface area contributed by atoms with Gasteiger partial charge < -0.3 is 14.5 Å². The number of hydrogen-bond acceptors (Lipinski definition) is 4. The molecule has 172 valence electrons. The largest absolute Gasteiger partial charge is 0.491 e. The van der Waals surface area contributed by atoms with Crippen molar-refractivity contribution in [1.29, 1.82) is 0 Å². The van der Waals surface area contributed by atoms with Crippen molar-refractivity contribution in [2.45, 2.75) is 65.0 Å². The summed E-state index contributed by atoms with van der Waals surface area (Å²) in [5.74, 6) is 1.54. The van der Waals surface area contributed by atoms with Crippen LogP contribution < -0.4 is 4.74 Å². The lowest BCUT2D eigenvalue weighted by atomic mass is 10.00. The lowest BCUT2D eigenvalue weighted by molar-refractivity contribution is -0.144. The first-order valence-electron chi connectivity index (χ1n) is 11.7. The van der Waals surface area contributed by atoms with Gasteiger partial charge in [0.2, 0.25) is 11.8 Å². The number of amides is 2. The lowest BCUT2D eigenvalue weighted by Crippen LogP contribution is -2.49. The summed E-state index contributed by atoms with van der Waals surface area (Å²) in [7, 11) is 0. The molecule has 0 N–H and O–H groups in total. The summed E-state index contributed by atoms with van der Waals surface area (Å²) >= 11 is 1.75. The smallest absolute Gasteiger partial charge is 0.242 e. The minimum Gasteiger partial charge on any atom is -0.491 e. The van der Waals surface area contributed by atoms with Crippen LogP contribution in [0.4, 0.5) is 0 Å². The molecule has 1 aliphatic heterocycles. The fourth-order valence-corrected chi connectivity index (χ4v) is 5.24. The summed E-state index contributed by atoms with van der Waals surface area (Å²) in [5.41, 5.74) is 2.46. The zero-order valence-electron chi connectivity index (χ0n) is 19.5. The van der Waals surface area contributed by atoms with E-state index >= 15 is 0 Å². The molecule has 4 rings (SSSR count). The number of carbonyl (C=O) groups is 2. The number of fused-ring (bicyclic) bond motifs is 1. The quantitative estimate of drug-likeness (QED) is 0.563. The Morgan fingerprint density at radius 1 is 1.12 bits per heavy atom. The Hall–Kier alpha value is -2.34. The molecule has 32 heavy (non-hydrogen) atoms. The molecule has 2 amide bonds. The molecule has 1 aliphatic carbocycles. The fraction of sp³-hybridized carbons (Fsp3) is 0.538. The fourth-order valence-electron chi connectivity index (χ4n) is 4.32. The Morgan fingerprint density at radius 3 is 2.47 bits per heavy atom. The summed E-state index contributed by atoms with van der Waals surface area (Å²) in [6.45, 7) is 9.54. The molecule has 2 aromatic rings. The highest BCUT2D eigenvalue weighted by molar-refractivity contribution is 7.10. The van der Waals surface area contributed by atoms with Gasteiger partial charge in [-0.2, -0.15) is 0 Å². The molecular formula is C26H34N2O3S. The van der Waals surface area contributed by atoms with E-state index in [0.717, 1.165) is 25.0 Å². The van der Waals surface area contributed by atoms with Crippen LogP contribution in [0.3, 0.4) is 0 Å². The van der Waals surface area contributed by atoms with Gasteiger partial charge in [0.15, 0.2) is 0 Å². The molecular weight excluding hydrogens is 420 g/mol. The van der Waals surface area contributed by atoms with E-state index in [1.807, 2.05) is 30.9 Å². The molecule has 2 aliphatic rings. The van der Waals surface area contributed by atoms with Gasteiger partial charge >= 0.3 is 0 Å². The number of nitrogens with zero attached hydrogens (tertiary/aromatic N) is 2. The van der Waals surface area contributed by atoms with Crippen LogP contribution in [0.1, 0.15) is 68.5 Å². The number of rotatable bonds is 8. The van der Waals surface area contributed by atoms with Gasteiger partial charge in [-0.3, -0.25) is 9.59 Å². The van der Waals surface area contributed by atoms with E-state index in [4.69, 9.17) is 4.74 Å². The zero-order chi connectivity index (χ0) is 22.8. The van der Waals surface area contributed by atoms with Crippen molar-refractivity contribution in [3.8, 4) is 5.75 Å². The van der Waals surface area contributed by atoms with E-state index in [1.165, 1.54) is 16.0 Å². The number of thiophene rings is 1. The molecule has 1 aromatic carbocycles. The molecule has 1 unspecified atom stereocenters. The molecule has 1 aromatic heterocycles. The predicted molar refractivity (Wildman–Crippen MR) is 128 cm³/mol. The van der Waals surface area contributed by atoms with Gasteiger partial charge in [-0.25, -0.2) is 0 Å². The first-order chi connectivity index (χ1) is 15.3. The van der Waals surface area contributed by atoms with Crippen LogP contribution in [0.5, 0.6) is 5.75 Å². The van der Waals surface area contributed by atoms with Crippen LogP contribution in [0.25, 0.3) is 0 Å². The number of carbonyl (C=O) groups excluding carboxylic acids is 2. The van der Waals surface area contributed by atoms with E-state index in [-0.39, 0.29) is 36.4 Å². The standard InChI is InChI=1S/C26H34N2O3S/c1-17(2)19-7-9-21(10-8-19)31-16-23-22-12-14-32-24(22)11-13-27(23)25(29)15-28(18(3)4)26(30)20-5-6-20/h7-10,12,14,17-18,20,23H,5-6,11,13,15-16H2,1-4H3. The second-order valence-electron chi connectivity index (χ2n) is 9.52. The summed E-state index contributed by atoms with van der Waals surface area (Å²) in [4.78, 5) is 31.1. The van der Waals surface area contributed by atoms with Crippen LogP contribution in [0.15, 0.2) is 35.7 Å². The van der Waals surface area contributed by atoms with Crippen LogP contribution in [-0.4, -0.2) is 47.4 Å². The summed E-state index contributed by atoms with van der Waals surface area (Å²) in [6.07, 6.45) is 2.76. The SMILES string of the molecule is CC(C)c1ccc(OCC2c3ccsc3CCN2C(=O)CN(C(=O)C2CC2)C(C)C)cc1. The van der Waals surface area contributed by atoms with E-state index in [0.29, 0.717) is 19.1 Å². The minimum absolute atomic E-state index is 0.00769. The van der Waals surface area contributed by atoms with Gasteiger partial charge in [-0.15, -0.1) is 11.3 Å². The molecule has 0 saturated heterocycles. The minimum atomic E-state index is -0.132. The van der Waals surface area contributed by atoms with Crippen LogP contribution in [-0.2, 0) is 16.0 Å². The highest BCUT2D eigenvalue weighted by Crippen LogP contribution is 2.35. The van der Waals surface area contributed by atoms with E-state index in [9.17, 15) is 9.59 Å². The molecule has 0 radical (unpaired) electrons. The first kappa shape index (κ1) is 22.8. The van der Waals surface area contributed by atoms with E-state index < -0.39 is 0 Å². The average molecular weight is 455 g/mol. The molecule has 2 heterocycles. The number of ether oxygens (including phenoxy) is 1. The summed E-state index contributed by atoms with van der Waals surface area (Å²) < 4.78 is 6.17. The maximum Gasteiger partial charge on any atom is 0.242 e. The van der Waals surface area contributed by atoms with Gasteiger partial charge in [0.05, 0.1) is 6.04 Å². The monoisotopic (exact) mass is 454 g/mol. The topological polar surface area (TPSA) is 49.9 Å². The zero-order valence-corrected chi connectivity index (χ0v) is 20.4. The normalized spacial score (nSPS) is 18.1. The molecule has 1 atom stereocenters. The number of benzene rings is 1. The van der Waals surface area contributed by atoms with Crippen molar-refractivity contribution in [1.82, 2.24) is 9.80 Å². The Bertz CT molecular complexity index is 946. The molecule has 0 spiro atoms. The van der Waals surface area contributed by atoms with Crippen molar-refractivity contribution in [3.63, 3.8) is 0 Å². The van der Waals surface area contributed by atoms with Crippen molar-refractivity contribution < 1.29 is 14.3 Å². The van der Waals surface area contributed by atoms with E-state index in [2.05, 4.69) is 37.4 Å². The first-order valence-corrected chi connectivity index (χ1v) is 12.6. The molecule has 1 fully saturated rings. The number of hydrogen-bond donors (Lipinski definition) is 0. The van der Waals surface area contributed by atoms with E-state index in [1.54, 1.807) is 16.2 Å². The molecule has 5 nitrogen and oxygen atoms in total. The second-order valence-corrected chi connectivity index (χ2v) is 10.5. The molecule has 6 heteroatoms. The van der Waals surface area contributed by atoms with Crippen LogP contribution in [0, 0.1) is 5.92 Å². The highest BCUT2D eigenvalue weighted by Gasteiger charge is 2.38. The molecule has 1 saturated carbocycles. The predicted octanol–water partition coefficient (Wildman–Crippen LogP) is 5.02. The van der Waals surface area contributed by atoms with Crippen molar-refractivity contribution in [2.75, 3.05) is 19.7 Å². The maximum atomic E-state index is 13.4. The highest BCUT2D eigenvalue weighted by atomic mass is 32.1.